The molecule has 2 aromatic rings. The minimum atomic E-state index is -0.245. The number of nitrogens with zero attached hydrogens (tertiary/aromatic N) is 1. The number of benzene rings is 1. The van der Waals surface area contributed by atoms with Gasteiger partial charge in [-0.1, -0.05) is 18.3 Å². The summed E-state index contributed by atoms with van der Waals surface area (Å²) in [6.45, 7) is 2.03. The molecule has 5 nitrogen and oxygen atoms in total. The lowest BCUT2D eigenvalue weighted by Gasteiger charge is -2.08. The largest absolute Gasteiger partial charge is 0.487 e. The topological polar surface area (TPSA) is 77.2 Å². The number of carbonyl (C=O) groups is 1. The smallest absolute Gasteiger partial charge is 0.274 e. The molecule has 0 bridgehead atoms. The number of pyridine rings is 1. The maximum atomic E-state index is 12.1. The molecule has 1 amide bonds. The number of thiocarbonyl (C=S) groups is 1. The van der Waals surface area contributed by atoms with Crippen molar-refractivity contribution in [1.29, 1.82) is 0 Å². The lowest BCUT2D eigenvalue weighted by molar-refractivity contribution is 0.102. The van der Waals surface area contributed by atoms with Crippen molar-refractivity contribution in [3.63, 3.8) is 0 Å². The van der Waals surface area contributed by atoms with Gasteiger partial charge in [0.15, 0.2) is 0 Å². The van der Waals surface area contributed by atoms with Gasteiger partial charge < -0.3 is 15.8 Å². The second-order valence-electron chi connectivity index (χ2n) is 4.40. The van der Waals surface area contributed by atoms with Gasteiger partial charge in [-0.15, -0.1) is 0 Å². The van der Waals surface area contributed by atoms with Gasteiger partial charge in [0.25, 0.3) is 5.91 Å². The maximum Gasteiger partial charge on any atom is 0.274 e. The number of anilines is 1. The maximum absolute atomic E-state index is 12.1. The van der Waals surface area contributed by atoms with Gasteiger partial charge in [-0.3, -0.25) is 9.78 Å². The minimum Gasteiger partial charge on any atom is -0.487 e. The molecule has 0 aliphatic rings. The van der Waals surface area contributed by atoms with Crippen LogP contribution in [0.15, 0.2) is 42.6 Å². The van der Waals surface area contributed by atoms with Crippen LogP contribution in [0, 0.1) is 6.92 Å². The monoisotopic (exact) mass is 301 g/mol. The van der Waals surface area contributed by atoms with Gasteiger partial charge in [0.05, 0.1) is 0 Å². The fourth-order valence-electron chi connectivity index (χ4n) is 1.70. The molecular formula is C15H15N3O2S. The molecule has 0 saturated heterocycles. The third-order valence-corrected chi connectivity index (χ3v) is 2.84. The highest BCUT2D eigenvalue weighted by molar-refractivity contribution is 7.80. The average Bonchev–Trinajstić information content (AvgIpc) is 2.47. The van der Waals surface area contributed by atoms with E-state index >= 15 is 0 Å². The first-order valence-corrected chi connectivity index (χ1v) is 6.71. The fourth-order valence-corrected chi connectivity index (χ4v) is 1.76. The van der Waals surface area contributed by atoms with Crippen LogP contribution >= 0.6 is 12.2 Å². The van der Waals surface area contributed by atoms with Gasteiger partial charge in [0, 0.05) is 11.9 Å². The Morgan fingerprint density at radius 1 is 1.33 bits per heavy atom. The van der Waals surface area contributed by atoms with Gasteiger partial charge >= 0.3 is 0 Å². The summed E-state index contributed by atoms with van der Waals surface area (Å²) in [7, 11) is 0. The van der Waals surface area contributed by atoms with Crippen LogP contribution in [-0.2, 0) is 0 Å². The molecule has 0 unspecified atom stereocenters. The van der Waals surface area contributed by atoms with E-state index < -0.39 is 0 Å². The number of hydrogen-bond acceptors (Lipinski definition) is 4. The minimum absolute atomic E-state index is 0.189. The predicted octanol–water partition coefficient (Wildman–Crippen LogP) is 2.31. The Kier molecular flexibility index (Phi) is 4.84. The number of amides is 1. The van der Waals surface area contributed by atoms with Crippen molar-refractivity contribution in [3.05, 3.63) is 53.9 Å². The van der Waals surface area contributed by atoms with E-state index in [-0.39, 0.29) is 17.5 Å². The quantitative estimate of drug-likeness (QED) is 0.829. The Balaban J connectivity index is 2.02. The first kappa shape index (κ1) is 14.9. The number of hydrogen-bond donors (Lipinski definition) is 2. The Morgan fingerprint density at radius 2 is 2.05 bits per heavy atom. The van der Waals surface area contributed by atoms with Crippen molar-refractivity contribution in [3.8, 4) is 5.75 Å². The van der Waals surface area contributed by atoms with E-state index in [4.69, 9.17) is 22.7 Å². The molecule has 1 aromatic heterocycles. The summed E-state index contributed by atoms with van der Waals surface area (Å²) < 4.78 is 5.34. The summed E-state index contributed by atoms with van der Waals surface area (Å²) in [4.78, 5) is 16.5. The second-order valence-corrected chi connectivity index (χ2v) is 4.93. The molecule has 1 aromatic carbocycles. The van der Waals surface area contributed by atoms with Crippen LogP contribution < -0.4 is 15.8 Å². The molecule has 1 heterocycles. The standard InChI is InChI=1S/C15H15N3O2S/c1-10-3-2-8-17-14(10)15(19)18-11-4-6-12(7-5-11)20-9-13(16)21/h2-8H,9H2,1H3,(H2,16,21)(H,18,19). The van der Waals surface area contributed by atoms with Crippen molar-refractivity contribution >= 4 is 28.8 Å². The van der Waals surface area contributed by atoms with Crippen molar-refractivity contribution in [2.75, 3.05) is 11.9 Å². The number of aromatic nitrogens is 1. The molecule has 2 rings (SSSR count). The van der Waals surface area contributed by atoms with Crippen LogP contribution in [0.1, 0.15) is 16.1 Å². The summed E-state index contributed by atoms with van der Waals surface area (Å²) >= 11 is 4.73. The fraction of sp³-hybridized carbons (Fsp3) is 0.133. The zero-order valence-electron chi connectivity index (χ0n) is 11.5. The molecule has 0 fully saturated rings. The first-order chi connectivity index (χ1) is 10.1. The van der Waals surface area contributed by atoms with Crippen LogP contribution in [0.5, 0.6) is 5.75 Å². The molecule has 108 valence electrons. The molecule has 0 spiro atoms. The Bertz CT molecular complexity index is 656. The number of carbonyl (C=O) groups excluding carboxylic acids is 1. The van der Waals surface area contributed by atoms with Gasteiger partial charge in [-0.2, -0.15) is 0 Å². The van der Waals surface area contributed by atoms with E-state index in [1.54, 1.807) is 36.5 Å². The number of nitrogens with one attached hydrogen (secondary N) is 1. The highest BCUT2D eigenvalue weighted by Crippen LogP contribution is 2.16. The van der Waals surface area contributed by atoms with E-state index in [1.807, 2.05) is 13.0 Å². The summed E-state index contributed by atoms with van der Waals surface area (Å²) in [6, 6.07) is 10.6. The lowest BCUT2D eigenvalue weighted by atomic mass is 10.2. The average molecular weight is 301 g/mol. The van der Waals surface area contributed by atoms with E-state index in [0.717, 1.165) is 5.56 Å². The SMILES string of the molecule is Cc1cccnc1C(=O)Nc1ccc(OCC(N)=S)cc1. The summed E-state index contributed by atoms with van der Waals surface area (Å²) in [6.07, 6.45) is 1.59. The summed E-state index contributed by atoms with van der Waals surface area (Å²) in [5, 5.41) is 2.78. The van der Waals surface area contributed by atoms with E-state index in [2.05, 4.69) is 10.3 Å². The van der Waals surface area contributed by atoms with Gasteiger partial charge in [-0.05, 0) is 42.8 Å². The van der Waals surface area contributed by atoms with Crippen LogP contribution in [0.3, 0.4) is 0 Å². The zero-order chi connectivity index (χ0) is 15.2. The van der Waals surface area contributed by atoms with Crippen molar-refractivity contribution < 1.29 is 9.53 Å². The normalized spacial score (nSPS) is 9.95. The Morgan fingerprint density at radius 3 is 2.67 bits per heavy atom. The van der Waals surface area contributed by atoms with Crippen LogP contribution in [0.2, 0.25) is 0 Å². The molecule has 0 atom stereocenters. The highest BCUT2D eigenvalue weighted by atomic mass is 32.1. The number of nitrogens with two attached hydrogens (primary N) is 1. The summed E-state index contributed by atoms with van der Waals surface area (Å²) in [5.41, 5.74) is 7.25. The molecule has 0 radical (unpaired) electrons. The molecule has 21 heavy (non-hydrogen) atoms. The zero-order valence-corrected chi connectivity index (χ0v) is 12.3. The molecule has 0 aliphatic carbocycles. The molecule has 0 saturated carbocycles. The van der Waals surface area contributed by atoms with Crippen LogP contribution in [-0.4, -0.2) is 22.5 Å². The van der Waals surface area contributed by atoms with E-state index in [0.29, 0.717) is 17.1 Å². The molecule has 3 N–H and O–H groups in total. The van der Waals surface area contributed by atoms with Crippen molar-refractivity contribution in [2.24, 2.45) is 5.73 Å². The van der Waals surface area contributed by atoms with E-state index in [9.17, 15) is 4.79 Å². The van der Waals surface area contributed by atoms with Gasteiger partial charge in [-0.25, -0.2) is 0 Å². The molecule has 0 aliphatic heterocycles. The van der Waals surface area contributed by atoms with E-state index in [1.165, 1.54) is 0 Å². The van der Waals surface area contributed by atoms with Crippen molar-refractivity contribution in [1.82, 2.24) is 4.98 Å². The lowest BCUT2D eigenvalue weighted by Crippen LogP contribution is -2.18. The Labute approximate surface area is 128 Å². The highest BCUT2D eigenvalue weighted by Gasteiger charge is 2.10. The molecule has 6 heteroatoms. The molecular weight excluding hydrogens is 286 g/mol. The van der Waals surface area contributed by atoms with Gasteiger partial charge in [0.1, 0.15) is 23.0 Å². The second kappa shape index (κ2) is 6.81. The Hall–Kier alpha value is -2.47. The number of aryl methyl sites for hydroxylation is 1. The third-order valence-electron chi connectivity index (χ3n) is 2.72. The number of rotatable bonds is 5. The predicted molar refractivity (Wildman–Crippen MR) is 85.6 cm³/mol. The van der Waals surface area contributed by atoms with Crippen LogP contribution in [0.25, 0.3) is 0 Å². The first-order valence-electron chi connectivity index (χ1n) is 6.30. The van der Waals surface area contributed by atoms with Crippen LogP contribution in [0.4, 0.5) is 5.69 Å². The number of ether oxygens (including phenoxy) is 1. The summed E-state index contributed by atoms with van der Waals surface area (Å²) in [5.74, 6) is 0.389. The van der Waals surface area contributed by atoms with Gasteiger partial charge in [0.2, 0.25) is 0 Å². The van der Waals surface area contributed by atoms with Crippen molar-refractivity contribution in [2.45, 2.75) is 6.92 Å². The third kappa shape index (κ3) is 4.25.